The molecule has 0 aliphatic rings. The molecule has 23 heavy (non-hydrogen) atoms. The van der Waals surface area contributed by atoms with E-state index in [1.807, 2.05) is 26.0 Å². The number of hydrogen-bond donors (Lipinski definition) is 3. The first-order chi connectivity index (χ1) is 10.7. The second kappa shape index (κ2) is 8.28. The van der Waals surface area contributed by atoms with E-state index in [-0.39, 0.29) is 19.1 Å². The smallest absolute Gasteiger partial charge is 0.325 e. The number of anilines is 1. The number of nitrogens with zero attached hydrogens (tertiary/aromatic N) is 1. The molecule has 0 aliphatic carbocycles. The number of carbonyl (C=O) groups excluding carboxylic acids is 2. The summed E-state index contributed by atoms with van der Waals surface area (Å²) in [5, 5.41) is 13.6. The second-order valence-electron chi connectivity index (χ2n) is 5.69. The predicted octanol–water partition coefficient (Wildman–Crippen LogP) is 1.75. The van der Waals surface area contributed by atoms with Crippen molar-refractivity contribution in [3.63, 3.8) is 0 Å². The van der Waals surface area contributed by atoms with Crippen LogP contribution < -0.4 is 10.6 Å². The molecule has 0 heterocycles. The van der Waals surface area contributed by atoms with Gasteiger partial charge in [-0.05, 0) is 51.0 Å². The molecular formula is C16H23N3O4. The van der Waals surface area contributed by atoms with Gasteiger partial charge in [0.05, 0.1) is 13.1 Å². The average molecular weight is 321 g/mol. The highest BCUT2D eigenvalue weighted by Crippen LogP contribution is 2.13. The highest BCUT2D eigenvalue weighted by atomic mass is 16.4. The van der Waals surface area contributed by atoms with Crippen molar-refractivity contribution in [3.8, 4) is 0 Å². The van der Waals surface area contributed by atoms with Crippen LogP contribution >= 0.6 is 0 Å². The quantitative estimate of drug-likeness (QED) is 0.741. The Balaban J connectivity index is 2.56. The van der Waals surface area contributed by atoms with Crippen molar-refractivity contribution in [1.29, 1.82) is 0 Å². The standard InChI is InChI=1S/C16H23N3O4/c1-10(2)19(9-15(21)22)8-14(20)18-16(23)17-13-6-5-11(3)12(4)7-13/h5-7,10H,8-9H2,1-4H3,(H,21,22)(H2,17,18,20,23). The van der Waals surface area contributed by atoms with Crippen LogP contribution in [0, 0.1) is 13.8 Å². The maximum atomic E-state index is 11.9. The zero-order valence-electron chi connectivity index (χ0n) is 13.8. The molecule has 1 rings (SSSR count). The third-order valence-electron chi connectivity index (χ3n) is 3.43. The van der Waals surface area contributed by atoms with Crippen LogP contribution in [0.5, 0.6) is 0 Å². The maximum Gasteiger partial charge on any atom is 0.325 e. The summed E-state index contributed by atoms with van der Waals surface area (Å²) in [7, 11) is 0. The third kappa shape index (κ3) is 6.48. The number of urea groups is 1. The van der Waals surface area contributed by atoms with Gasteiger partial charge in [-0.3, -0.25) is 19.8 Å². The summed E-state index contributed by atoms with van der Waals surface area (Å²) in [5.74, 6) is -1.58. The van der Waals surface area contributed by atoms with E-state index in [0.29, 0.717) is 5.69 Å². The van der Waals surface area contributed by atoms with Crippen molar-refractivity contribution in [2.24, 2.45) is 0 Å². The molecule has 0 atom stereocenters. The number of carbonyl (C=O) groups is 3. The molecule has 0 fully saturated rings. The van der Waals surface area contributed by atoms with Crippen molar-refractivity contribution in [2.75, 3.05) is 18.4 Å². The first-order valence-electron chi connectivity index (χ1n) is 7.33. The Bertz CT molecular complexity index is 599. The highest BCUT2D eigenvalue weighted by molar-refractivity contribution is 6.01. The minimum absolute atomic E-state index is 0.125. The molecule has 0 aromatic heterocycles. The number of nitrogens with one attached hydrogen (secondary N) is 2. The van der Waals surface area contributed by atoms with Crippen molar-refractivity contribution in [3.05, 3.63) is 29.3 Å². The fraction of sp³-hybridized carbons (Fsp3) is 0.438. The van der Waals surface area contributed by atoms with E-state index in [9.17, 15) is 14.4 Å². The first-order valence-corrected chi connectivity index (χ1v) is 7.33. The van der Waals surface area contributed by atoms with E-state index < -0.39 is 17.9 Å². The zero-order valence-corrected chi connectivity index (χ0v) is 13.8. The first kappa shape index (κ1) is 18.6. The van der Waals surface area contributed by atoms with Gasteiger partial charge in [0, 0.05) is 11.7 Å². The maximum absolute atomic E-state index is 11.9. The fourth-order valence-electron chi connectivity index (χ4n) is 1.93. The number of aryl methyl sites for hydroxylation is 2. The molecule has 126 valence electrons. The Kier molecular flexibility index (Phi) is 6.71. The summed E-state index contributed by atoms with van der Waals surface area (Å²) in [6, 6.07) is 4.67. The molecule has 1 aromatic carbocycles. The highest BCUT2D eigenvalue weighted by Gasteiger charge is 2.18. The van der Waals surface area contributed by atoms with Gasteiger partial charge >= 0.3 is 12.0 Å². The number of carboxylic acids is 1. The Morgan fingerprint density at radius 3 is 2.30 bits per heavy atom. The second-order valence-corrected chi connectivity index (χ2v) is 5.69. The summed E-state index contributed by atoms with van der Waals surface area (Å²) in [5.41, 5.74) is 2.72. The SMILES string of the molecule is Cc1ccc(NC(=O)NC(=O)CN(CC(=O)O)C(C)C)cc1C. The van der Waals surface area contributed by atoms with Gasteiger partial charge < -0.3 is 10.4 Å². The number of amides is 3. The molecule has 0 bridgehead atoms. The van der Waals surface area contributed by atoms with Gasteiger partial charge in [-0.15, -0.1) is 0 Å². The predicted molar refractivity (Wildman–Crippen MR) is 87.4 cm³/mol. The van der Waals surface area contributed by atoms with E-state index in [2.05, 4.69) is 10.6 Å². The summed E-state index contributed by atoms with van der Waals surface area (Å²) in [6.45, 7) is 7.03. The fourth-order valence-corrected chi connectivity index (χ4v) is 1.93. The van der Waals surface area contributed by atoms with Crippen molar-refractivity contribution < 1.29 is 19.5 Å². The van der Waals surface area contributed by atoms with Crippen molar-refractivity contribution in [1.82, 2.24) is 10.2 Å². The topological polar surface area (TPSA) is 98.7 Å². The number of rotatable bonds is 6. The molecule has 3 amide bonds. The third-order valence-corrected chi connectivity index (χ3v) is 3.43. The summed E-state index contributed by atoms with van der Waals surface area (Å²) < 4.78 is 0. The van der Waals surface area contributed by atoms with Gasteiger partial charge in [-0.1, -0.05) is 6.07 Å². The number of carboxylic acid groups (broad SMARTS) is 1. The van der Waals surface area contributed by atoms with Gasteiger partial charge in [0.15, 0.2) is 0 Å². The number of imide groups is 1. The Labute approximate surface area is 135 Å². The van der Waals surface area contributed by atoms with Gasteiger partial charge in [0.2, 0.25) is 5.91 Å². The summed E-state index contributed by atoms with van der Waals surface area (Å²) in [4.78, 5) is 35.9. The van der Waals surface area contributed by atoms with E-state index in [0.717, 1.165) is 11.1 Å². The van der Waals surface area contributed by atoms with Crippen LogP contribution in [0.15, 0.2) is 18.2 Å². The molecule has 7 heteroatoms. The molecule has 0 saturated heterocycles. The summed E-state index contributed by atoms with van der Waals surface area (Å²) in [6.07, 6.45) is 0. The molecule has 0 unspecified atom stereocenters. The lowest BCUT2D eigenvalue weighted by Gasteiger charge is -2.23. The van der Waals surface area contributed by atoms with Crippen molar-refractivity contribution >= 4 is 23.6 Å². The molecule has 0 saturated carbocycles. The lowest BCUT2D eigenvalue weighted by Crippen LogP contribution is -2.45. The molecule has 3 N–H and O–H groups in total. The van der Waals surface area contributed by atoms with Crippen LogP contribution in [0.4, 0.5) is 10.5 Å². The van der Waals surface area contributed by atoms with E-state index in [1.165, 1.54) is 4.90 Å². The molecule has 7 nitrogen and oxygen atoms in total. The Hall–Kier alpha value is -2.41. The lowest BCUT2D eigenvalue weighted by atomic mass is 10.1. The van der Waals surface area contributed by atoms with Crippen LogP contribution in [-0.4, -0.2) is 47.0 Å². The van der Waals surface area contributed by atoms with Gasteiger partial charge in [-0.2, -0.15) is 0 Å². The zero-order chi connectivity index (χ0) is 17.6. The summed E-state index contributed by atoms with van der Waals surface area (Å²) >= 11 is 0. The number of benzene rings is 1. The van der Waals surface area contributed by atoms with E-state index in [4.69, 9.17) is 5.11 Å². The molecular weight excluding hydrogens is 298 g/mol. The minimum Gasteiger partial charge on any atom is -0.480 e. The van der Waals surface area contributed by atoms with Crippen LogP contribution in [-0.2, 0) is 9.59 Å². The molecule has 0 aliphatic heterocycles. The minimum atomic E-state index is -1.02. The Morgan fingerprint density at radius 1 is 1.13 bits per heavy atom. The molecule has 0 spiro atoms. The van der Waals surface area contributed by atoms with Crippen LogP contribution in [0.2, 0.25) is 0 Å². The number of hydrogen-bond acceptors (Lipinski definition) is 4. The van der Waals surface area contributed by atoms with E-state index in [1.54, 1.807) is 19.9 Å². The monoisotopic (exact) mass is 321 g/mol. The Morgan fingerprint density at radius 2 is 1.78 bits per heavy atom. The lowest BCUT2D eigenvalue weighted by molar-refractivity contribution is -0.139. The molecule has 1 aromatic rings. The van der Waals surface area contributed by atoms with Gasteiger partial charge in [0.1, 0.15) is 0 Å². The van der Waals surface area contributed by atoms with Crippen LogP contribution in [0.25, 0.3) is 0 Å². The van der Waals surface area contributed by atoms with E-state index >= 15 is 0 Å². The van der Waals surface area contributed by atoms with Crippen LogP contribution in [0.1, 0.15) is 25.0 Å². The largest absolute Gasteiger partial charge is 0.480 e. The van der Waals surface area contributed by atoms with Gasteiger partial charge in [0.25, 0.3) is 0 Å². The number of aliphatic carboxylic acids is 1. The average Bonchev–Trinajstić information content (AvgIpc) is 2.41. The van der Waals surface area contributed by atoms with Crippen LogP contribution in [0.3, 0.4) is 0 Å². The normalized spacial score (nSPS) is 10.7. The van der Waals surface area contributed by atoms with Crippen molar-refractivity contribution in [2.45, 2.75) is 33.7 Å². The molecule has 0 radical (unpaired) electrons. The van der Waals surface area contributed by atoms with Gasteiger partial charge in [-0.25, -0.2) is 4.79 Å².